The summed E-state index contributed by atoms with van der Waals surface area (Å²) in [6, 6.07) is 8.77. The van der Waals surface area contributed by atoms with Crippen molar-refractivity contribution in [3.63, 3.8) is 0 Å². The van der Waals surface area contributed by atoms with E-state index in [1.54, 1.807) is 19.1 Å². The lowest BCUT2D eigenvalue weighted by Gasteiger charge is -2.09. The van der Waals surface area contributed by atoms with Gasteiger partial charge in [0.1, 0.15) is 11.6 Å². The van der Waals surface area contributed by atoms with Gasteiger partial charge in [0.05, 0.1) is 12.2 Å². The van der Waals surface area contributed by atoms with Gasteiger partial charge in [-0.05, 0) is 36.2 Å². The van der Waals surface area contributed by atoms with Gasteiger partial charge in [-0.2, -0.15) is 0 Å². The highest BCUT2D eigenvalue weighted by molar-refractivity contribution is 9.10. The molecule has 2 aromatic rings. The average molecular weight is 349 g/mol. The van der Waals surface area contributed by atoms with Gasteiger partial charge in [0.25, 0.3) is 0 Å². The lowest BCUT2D eigenvalue weighted by molar-refractivity contribution is 0.0988. The van der Waals surface area contributed by atoms with Crippen molar-refractivity contribution in [3.05, 3.63) is 62.9 Å². The Labute approximate surface area is 131 Å². The van der Waals surface area contributed by atoms with Gasteiger partial charge >= 0.3 is 0 Å². The predicted octanol–water partition coefficient (Wildman–Crippen LogP) is 4.26. The van der Waals surface area contributed by atoms with Crippen molar-refractivity contribution >= 4 is 21.7 Å². The van der Waals surface area contributed by atoms with Crippen LogP contribution in [0, 0.1) is 12.7 Å². The molecule has 0 N–H and O–H groups in total. The largest absolute Gasteiger partial charge is 0.493 e. The van der Waals surface area contributed by atoms with Crippen LogP contribution in [0.25, 0.3) is 0 Å². The van der Waals surface area contributed by atoms with E-state index < -0.39 is 5.82 Å². The van der Waals surface area contributed by atoms with Crippen LogP contribution in [-0.4, -0.2) is 12.4 Å². The highest BCUT2D eigenvalue weighted by Crippen LogP contribution is 2.33. The van der Waals surface area contributed by atoms with Crippen LogP contribution in [0.3, 0.4) is 0 Å². The number of fused-ring (bicyclic) bond motifs is 1. The summed E-state index contributed by atoms with van der Waals surface area (Å²) < 4.78 is 20.6. The molecule has 0 spiro atoms. The molecule has 3 rings (SSSR count). The van der Waals surface area contributed by atoms with Gasteiger partial charge in [0.15, 0.2) is 5.78 Å². The molecule has 108 valence electrons. The molecule has 2 nitrogen and oxygen atoms in total. The van der Waals surface area contributed by atoms with Gasteiger partial charge in [-0.1, -0.05) is 28.1 Å². The van der Waals surface area contributed by atoms with Crippen LogP contribution < -0.4 is 4.74 Å². The molecule has 1 aliphatic rings. The van der Waals surface area contributed by atoms with E-state index in [4.69, 9.17) is 4.74 Å². The number of rotatable bonds is 3. The van der Waals surface area contributed by atoms with Crippen molar-refractivity contribution in [2.45, 2.75) is 19.8 Å². The maximum absolute atomic E-state index is 14.0. The van der Waals surface area contributed by atoms with E-state index in [1.165, 1.54) is 6.07 Å². The summed E-state index contributed by atoms with van der Waals surface area (Å²) >= 11 is 3.45. The highest BCUT2D eigenvalue weighted by Gasteiger charge is 2.21. The smallest absolute Gasteiger partial charge is 0.170 e. The second-order valence-corrected chi connectivity index (χ2v) is 6.10. The zero-order valence-corrected chi connectivity index (χ0v) is 13.2. The third kappa shape index (κ3) is 2.72. The van der Waals surface area contributed by atoms with Crippen LogP contribution in [0.2, 0.25) is 0 Å². The summed E-state index contributed by atoms with van der Waals surface area (Å²) in [7, 11) is 0. The summed E-state index contributed by atoms with van der Waals surface area (Å²) in [6.07, 6.45) is 0.983. The topological polar surface area (TPSA) is 26.3 Å². The minimum Gasteiger partial charge on any atom is -0.493 e. The Morgan fingerprint density at radius 2 is 2.19 bits per heavy atom. The van der Waals surface area contributed by atoms with Crippen LogP contribution in [0.4, 0.5) is 4.39 Å². The summed E-state index contributed by atoms with van der Waals surface area (Å²) in [5, 5.41) is 0. The molecule has 1 heterocycles. The molecule has 0 unspecified atom stereocenters. The molecule has 21 heavy (non-hydrogen) atoms. The van der Waals surface area contributed by atoms with Gasteiger partial charge in [-0.15, -0.1) is 0 Å². The Morgan fingerprint density at radius 1 is 1.38 bits per heavy atom. The number of halogens is 2. The first kappa shape index (κ1) is 14.3. The zero-order chi connectivity index (χ0) is 15.0. The Bertz CT molecular complexity index is 725. The molecule has 0 atom stereocenters. The van der Waals surface area contributed by atoms with E-state index in [-0.39, 0.29) is 17.8 Å². The summed E-state index contributed by atoms with van der Waals surface area (Å²) in [5.74, 6) is 0.113. The molecule has 1 aliphatic heterocycles. The molecule has 0 radical (unpaired) electrons. The van der Waals surface area contributed by atoms with Crippen molar-refractivity contribution < 1.29 is 13.9 Å². The van der Waals surface area contributed by atoms with Crippen LogP contribution in [0.1, 0.15) is 27.0 Å². The number of ether oxygens (including phenoxy) is 1. The first-order valence-corrected chi connectivity index (χ1v) is 7.58. The van der Waals surface area contributed by atoms with Crippen molar-refractivity contribution in [2.24, 2.45) is 0 Å². The highest BCUT2D eigenvalue weighted by atomic mass is 79.9. The van der Waals surface area contributed by atoms with E-state index >= 15 is 0 Å². The third-order valence-corrected chi connectivity index (χ3v) is 4.13. The number of carbonyl (C=O) groups excluding carboxylic acids is 1. The first-order chi connectivity index (χ1) is 10.1. The molecule has 0 fully saturated rings. The lowest BCUT2D eigenvalue weighted by atomic mass is 9.98. The van der Waals surface area contributed by atoms with E-state index in [2.05, 4.69) is 15.9 Å². The summed E-state index contributed by atoms with van der Waals surface area (Å²) in [6.45, 7) is 2.29. The van der Waals surface area contributed by atoms with E-state index in [9.17, 15) is 9.18 Å². The number of hydrogen-bond acceptors (Lipinski definition) is 2. The third-order valence-electron chi connectivity index (χ3n) is 3.67. The molecular formula is C17H14BrFO2. The fourth-order valence-electron chi connectivity index (χ4n) is 2.61. The Kier molecular flexibility index (Phi) is 3.81. The fourth-order valence-corrected chi connectivity index (χ4v) is 3.16. The number of benzene rings is 2. The van der Waals surface area contributed by atoms with Crippen molar-refractivity contribution in [2.75, 3.05) is 6.61 Å². The van der Waals surface area contributed by atoms with Crippen molar-refractivity contribution in [1.29, 1.82) is 0 Å². The summed E-state index contributed by atoms with van der Waals surface area (Å²) in [4.78, 5) is 12.4. The maximum atomic E-state index is 14.0. The minimum atomic E-state index is -0.435. The SMILES string of the molecule is Cc1cccc(C(=O)Cc2cc(Br)cc3c2OCC3)c1F. The lowest BCUT2D eigenvalue weighted by Crippen LogP contribution is -2.08. The van der Waals surface area contributed by atoms with E-state index in [0.29, 0.717) is 12.2 Å². The molecule has 0 saturated heterocycles. The Balaban J connectivity index is 1.94. The Hall–Kier alpha value is -1.68. The van der Waals surface area contributed by atoms with Gasteiger partial charge in [-0.3, -0.25) is 4.79 Å². The molecule has 4 heteroatoms. The van der Waals surface area contributed by atoms with Gasteiger partial charge in [-0.25, -0.2) is 4.39 Å². The molecular weight excluding hydrogens is 335 g/mol. The fraction of sp³-hybridized carbons (Fsp3) is 0.235. The monoisotopic (exact) mass is 348 g/mol. The second-order valence-electron chi connectivity index (χ2n) is 5.19. The molecule has 0 aliphatic carbocycles. The molecule has 0 amide bonds. The number of ketones is 1. The zero-order valence-electron chi connectivity index (χ0n) is 11.6. The normalized spacial score (nSPS) is 12.9. The summed E-state index contributed by atoms with van der Waals surface area (Å²) in [5.41, 5.74) is 2.53. The van der Waals surface area contributed by atoms with Crippen molar-refractivity contribution in [1.82, 2.24) is 0 Å². The van der Waals surface area contributed by atoms with Crippen molar-refractivity contribution in [3.8, 4) is 5.75 Å². The molecule has 2 aromatic carbocycles. The molecule has 0 bridgehead atoms. The standard InChI is InChI=1S/C17H14BrFO2/c1-10-3-2-4-14(16(10)19)15(20)9-12-8-13(18)7-11-5-6-21-17(11)12/h2-4,7-8H,5-6,9H2,1H3. The van der Waals surface area contributed by atoms with Crippen LogP contribution in [0.5, 0.6) is 5.75 Å². The second kappa shape index (κ2) is 5.60. The van der Waals surface area contributed by atoms with Gasteiger partial charge in [0, 0.05) is 22.9 Å². The molecule has 0 aromatic heterocycles. The average Bonchev–Trinajstić information content (AvgIpc) is 2.90. The number of aryl methyl sites for hydroxylation is 1. The maximum Gasteiger partial charge on any atom is 0.170 e. The quantitative estimate of drug-likeness (QED) is 0.774. The van der Waals surface area contributed by atoms with Gasteiger partial charge in [0.2, 0.25) is 0 Å². The van der Waals surface area contributed by atoms with E-state index in [1.807, 2.05) is 12.1 Å². The number of Topliss-reactive ketones (excluding diaryl/α,β-unsaturated/α-hetero) is 1. The van der Waals surface area contributed by atoms with Crippen LogP contribution >= 0.6 is 15.9 Å². The first-order valence-electron chi connectivity index (χ1n) is 6.78. The number of carbonyl (C=O) groups is 1. The van der Waals surface area contributed by atoms with Crippen LogP contribution in [0.15, 0.2) is 34.8 Å². The van der Waals surface area contributed by atoms with E-state index in [0.717, 1.165) is 27.8 Å². The predicted molar refractivity (Wildman–Crippen MR) is 82.5 cm³/mol. The number of hydrogen-bond donors (Lipinski definition) is 0. The van der Waals surface area contributed by atoms with Crippen LogP contribution in [-0.2, 0) is 12.8 Å². The van der Waals surface area contributed by atoms with Gasteiger partial charge < -0.3 is 4.74 Å². The Morgan fingerprint density at radius 3 is 3.00 bits per heavy atom. The molecule has 0 saturated carbocycles. The minimum absolute atomic E-state index is 0.140.